The van der Waals surface area contributed by atoms with Gasteiger partial charge in [0.15, 0.2) is 0 Å². The van der Waals surface area contributed by atoms with Crippen molar-refractivity contribution in [1.29, 1.82) is 0 Å². The van der Waals surface area contributed by atoms with Gasteiger partial charge in [-0.15, -0.1) is 0 Å². The summed E-state index contributed by atoms with van der Waals surface area (Å²) in [6.07, 6.45) is -4.48. The molecule has 0 radical (unpaired) electrons. The predicted octanol–water partition coefficient (Wildman–Crippen LogP) is 8.53. The molecule has 5 rings (SSSR count). The second-order valence-corrected chi connectivity index (χ2v) is 11.3. The molecule has 0 bridgehead atoms. The van der Waals surface area contributed by atoms with E-state index in [0.717, 1.165) is 17.2 Å². The Hall–Kier alpha value is -4.83. The SMILES string of the molecule is CC1=C(OC(=O)OCCN(Cc2ccccc2)Cc2ccccc2)C(c2ccccc2C(F)(F)F)c2c(ccnc2OC(C)C)N1. The standard InChI is InChI=1S/C36H36F3N3O4/c1-24(2)45-34-32-30(18-19-40-34)41-25(3)33(31(32)28-16-10-11-17-29(28)36(37,38)39)46-35(43)44-21-20-42(22-26-12-6-4-7-13-26)23-27-14-8-5-9-15-27/h4-19,24,31,41H,20-23H2,1-3H3. The number of hydrogen-bond donors (Lipinski definition) is 1. The maximum Gasteiger partial charge on any atom is 0.513 e. The van der Waals surface area contributed by atoms with E-state index in [1.807, 2.05) is 60.7 Å². The summed E-state index contributed by atoms with van der Waals surface area (Å²) in [6.45, 7) is 6.88. The van der Waals surface area contributed by atoms with E-state index in [-0.39, 0.29) is 29.9 Å². The van der Waals surface area contributed by atoms with Crippen molar-refractivity contribution in [3.05, 3.63) is 136 Å². The molecule has 7 nitrogen and oxygen atoms in total. The molecule has 10 heteroatoms. The maximum absolute atomic E-state index is 14.3. The van der Waals surface area contributed by atoms with Gasteiger partial charge in [-0.05, 0) is 49.6 Å². The van der Waals surface area contributed by atoms with Crippen LogP contribution in [0.25, 0.3) is 0 Å². The zero-order chi connectivity index (χ0) is 32.7. The van der Waals surface area contributed by atoms with E-state index in [0.29, 0.717) is 36.6 Å². The fourth-order valence-electron chi connectivity index (χ4n) is 5.48. The third-order valence-electron chi connectivity index (χ3n) is 7.44. The van der Waals surface area contributed by atoms with Gasteiger partial charge >= 0.3 is 12.3 Å². The normalized spacial score (nSPS) is 14.6. The molecule has 0 spiro atoms. The van der Waals surface area contributed by atoms with Crippen molar-refractivity contribution in [3.8, 4) is 5.88 Å². The Balaban J connectivity index is 1.39. The number of hydrogen-bond acceptors (Lipinski definition) is 7. The van der Waals surface area contributed by atoms with Crippen LogP contribution in [0.2, 0.25) is 0 Å². The lowest BCUT2D eigenvalue weighted by molar-refractivity contribution is -0.138. The summed E-state index contributed by atoms with van der Waals surface area (Å²) in [6, 6.07) is 26.8. The highest BCUT2D eigenvalue weighted by atomic mass is 19.4. The number of aromatic nitrogens is 1. The van der Waals surface area contributed by atoms with Crippen molar-refractivity contribution < 1.29 is 32.2 Å². The van der Waals surface area contributed by atoms with Crippen molar-refractivity contribution in [2.45, 2.75) is 52.1 Å². The van der Waals surface area contributed by atoms with Gasteiger partial charge in [-0.3, -0.25) is 4.90 Å². The highest BCUT2D eigenvalue weighted by molar-refractivity contribution is 5.70. The van der Waals surface area contributed by atoms with Crippen LogP contribution in [0.1, 0.15) is 54.5 Å². The van der Waals surface area contributed by atoms with Crippen molar-refractivity contribution in [1.82, 2.24) is 9.88 Å². The van der Waals surface area contributed by atoms with Gasteiger partial charge in [0.1, 0.15) is 12.4 Å². The van der Waals surface area contributed by atoms with Gasteiger partial charge in [-0.2, -0.15) is 13.2 Å². The minimum atomic E-state index is -4.66. The van der Waals surface area contributed by atoms with Crippen molar-refractivity contribution in [2.24, 2.45) is 0 Å². The molecule has 1 aromatic heterocycles. The number of nitrogens with zero attached hydrogens (tertiary/aromatic N) is 2. The summed E-state index contributed by atoms with van der Waals surface area (Å²) < 4.78 is 60.2. The number of pyridine rings is 1. The largest absolute Gasteiger partial charge is 0.513 e. The average Bonchev–Trinajstić information content (AvgIpc) is 3.02. The first-order valence-electron chi connectivity index (χ1n) is 15.0. The lowest BCUT2D eigenvalue weighted by atomic mass is 9.83. The quantitative estimate of drug-likeness (QED) is 0.166. The van der Waals surface area contributed by atoms with Crippen LogP contribution in [0.3, 0.4) is 0 Å². The first-order chi connectivity index (χ1) is 22.1. The van der Waals surface area contributed by atoms with E-state index >= 15 is 0 Å². The Morgan fingerprint density at radius 1 is 0.913 bits per heavy atom. The molecule has 2 heterocycles. The monoisotopic (exact) mass is 631 g/mol. The lowest BCUT2D eigenvalue weighted by Gasteiger charge is -2.32. The average molecular weight is 632 g/mol. The van der Waals surface area contributed by atoms with Crippen LogP contribution >= 0.6 is 0 Å². The van der Waals surface area contributed by atoms with E-state index in [9.17, 15) is 18.0 Å². The van der Waals surface area contributed by atoms with E-state index in [4.69, 9.17) is 14.2 Å². The fourth-order valence-corrected chi connectivity index (χ4v) is 5.48. The summed E-state index contributed by atoms with van der Waals surface area (Å²) in [7, 11) is 0. The molecule has 1 aliphatic heterocycles. The number of anilines is 1. The molecule has 0 aliphatic carbocycles. The van der Waals surface area contributed by atoms with E-state index in [1.54, 1.807) is 26.8 Å². The minimum absolute atomic E-state index is 0.00190. The van der Waals surface area contributed by atoms with Crippen molar-refractivity contribution in [3.63, 3.8) is 0 Å². The summed E-state index contributed by atoms with van der Waals surface area (Å²) in [4.78, 5) is 19.7. The Bertz CT molecular complexity index is 1620. The van der Waals surface area contributed by atoms with E-state index < -0.39 is 23.8 Å². The van der Waals surface area contributed by atoms with Crippen LogP contribution in [0.15, 0.2) is 109 Å². The number of carbonyl (C=O) groups excluding carboxylic acids is 1. The molecule has 3 aromatic carbocycles. The topological polar surface area (TPSA) is 72.9 Å². The number of rotatable bonds is 11. The third kappa shape index (κ3) is 8.06. The number of nitrogens with one attached hydrogen (secondary N) is 1. The second-order valence-electron chi connectivity index (χ2n) is 11.3. The van der Waals surface area contributed by atoms with Crippen LogP contribution in [0.5, 0.6) is 5.88 Å². The second kappa shape index (κ2) is 14.5. The highest BCUT2D eigenvalue weighted by Gasteiger charge is 2.41. The molecular formula is C36H36F3N3O4. The molecule has 0 saturated heterocycles. The minimum Gasteiger partial charge on any atom is -0.475 e. The molecule has 1 atom stereocenters. The number of halogens is 3. The Labute approximate surface area is 266 Å². The number of fused-ring (bicyclic) bond motifs is 1. The van der Waals surface area contributed by atoms with Crippen LogP contribution < -0.4 is 10.1 Å². The highest BCUT2D eigenvalue weighted by Crippen LogP contribution is 2.49. The number of alkyl halides is 3. The first-order valence-corrected chi connectivity index (χ1v) is 15.0. The van der Waals surface area contributed by atoms with Crippen LogP contribution in [-0.4, -0.2) is 35.3 Å². The predicted molar refractivity (Wildman–Crippen MR) is 169 cm³/mol. The smallest absolute Gasteiger partial charge is 0.475 e. The molecule has 0 saturated carbocycles. The fraction of sp³-hybridized carbons (Fsp3) is 0.278. The van der Waals surface area contributed by atoms with Crippen molar-refractivity contribution >= 4 is 11.8 Å². The number of benzene rings is 3. The van der Waals surface area contributed by atoms with Gasteiger partial charge in [0.2, 0.25) is 5.88 Å². The van der Waals surface area contributed by atoms with Gasteiger partial charge in [0.25, 0.3) is 0 Å². The number of ether oxygens (including phenoxy) is 3. The summed E-state index contributed by atoms with van der Waals surface area (Å²) in [5.74, 6) is -1.04. The molecule has 1 unspecified atom stereocenters. The van der Waals surface area contributed by atoms with Crippen LogP contribution in [0.4, 0.5) is 23.7 Å². The zero-order valence-electron chi connectivity index (χ0n) is 25.9. The Morgan fingerprint density at radius 2 is 1.52 bits per heavy atom. The van der Waals surface area contributed by atoms with Crippen molar-refractivity contribution in [2.75, 3.05) is 18.5 Å². The molecule has 4 aromatic rings. The molecule has 0 fully saturated rings. The summed E-state index contributed by atoms with van der Waals surface area (Å²) in [5.41, 5.74) is 2.45. The summed E-state index contributed by atoms with van der Waals surface area (Å²) in [5, 5.41) is 3.15. The molecule has 1 aliphatic rings. The molecule has 240 valence electrons. The summed E-state index contributed by atoms with van der Waals surface area (Å²) >= 11 is 0. The maximum atomic E-state index is 14.3. The lowest BCUT2D eigenvalue weighted by Crippen LogP contribution is -2.29. The van der Waals surface area contributed by atoms with Gasteiger partial charge < -0.3 is 19.5 Å². The molecular weight excluding hydrogens is 595 g/mol. The number of allylic oxidation sites excluding steroid dienone is 2. The van der Waals surface area contributed by atoms with Gasteiger partial charge in [-0.25, -0.2) is 9.78 Å². The van der Waals surface area contributed by atoms with Gasteiger partial charge in [-0.1, -0.05) is 78.9 Å². The Kier molecular flexibility index (Phi) is 10.3. The molecule has 0 amide bonds. The third-order valence-corrected chi connectivity index (χ3v) is 7.44. The Morgan fingerprint density at radius 3 is 2.13 bits per heavy atom. The number of carbonyl (C=O) groups is 1. The van der Waals surface area contributed by atoms with E-state index in [1.165, 1.54) is 24.4 Å². The molecule has 1 N–H and O–H groups in total. The van der Waals surface area contributed by atoms with Crippen LogP contribution in [0, 0.1) is 0 Å². The van der Waals surface area contributed by atoms with Crippen LogP contribution in [-0.2, 0) is 28.7 Å². The zero-order valence-corrected chi connectivity index (χ0v) is 25.9. The van der Waals surface area contributed by atoms with E-state index in [2.05, 4.69) is 15.2 Å². The van der Waals surface area contributed by atoms with Gasteiger partial charge in [0.05, 0.1) is 28.8 Å². The first kappa shape index (κ1) is 32.6. The molecule has 46 heavy (non-hydrogen) atoms. The van der Waals surface area contributed by atoms with Gasteiger partial charge in [0, 0.05) is 31.5 Å².